The van der Waals surface area contributed by atoms with Crippen molar-refractivity contribution < 1.29 is 8.78 Å². The highest BCUT2D eigenvalue weighted by molar-refractivity contribution is 5.88. The normalized spacial score (nSPS) is 11.3. The molecular weight excluding hydrogens is 212 g/mol. The maximum atomic E-state index is 13.0. The van der Waals surface area contributed by atoms with Gasteiger partial charge in [-0.15, -0.1) is 0 Å². The first-order chi connectivity index (χ1) is 7.49. The number of nitrogens with two attached hydrogens (primary N) is 1. The van der Waals surface area contributed by atoms with Gasteiger partial charge in [-0.05, 0) is 6.07 Å². The van der Waals surface area contributed by atoms with Gasteiger partial charge < -0.3 is 5.73 Å². The van der Waals surface area contributed by atoms with Crippen molar-refractivity contribution in [3.8, 4) is 0 Å². The smallest absolute Gasteiger partial charge is 0.161 e. The Bertz CT molecular complexity index is 552. The van der Waals surface area contributed by atoms with Crippen LogP contribution in [0.3, 0.4) is 0 Å². The molecule has 84 valence electrons. The van der Waals surface area contributed by atoms with Crippen LogP contribution in [0.25, 0.3) is 10.9 Å². The number of nitrogens with zero attached hydrogens (tertiary/aromatic N) is 2. The van der Waals surface area contributed by atoms with Gasteiger partial charge in [0, 0.05) is 17.4 Å². The number of hydrogen-bond acceptors (Lipinski definition) is 3. The average Bonchev–Trinajstić information content (AvgIpc) is 2.20. The van der Waals surface area contributed by atoms with Gasteiger partial charge in [0.15, 0.2) is 11.6 Å². The molecule has 0 aliphatic heterocycles. The first kappa shape index (κ1) is 10.7. The molecule has 0 unspecified atom stereocenters. The zero-order valence-electron chi connectivity index (χ0n) is 8.96. The van der Waals surface area contributed by atoms with Crippen molar-refractivity contribution in [3.05, 3.63) is 29.6 Å². The molecule has 0 saturated carbocycles. The fraction of sp³-hybridized carbons (Fsp3) is 0.273. The lowest BCUT2D eigenvalue weighted by Crippen LogP contribution is -2.03. The number of nitrogen functional groups attached to an aromatic ring is 1. The van der Waals surface area contributed by atoms with Gasteiger partial charge in [0.25, 0.3) is 0 Å². The molecule has 0 aliphatic carbocycles. The number of rotatable bonds is 1. The number of anilines is 1. The molecule has 0 saturated heterocycles. The molecule has 2 rings (SSSR count). The molecule has 0 amide bonds. The Morgan fingerprint density at radius 2 is 1.75 bits per heavy atom. The maximum absolute atomic E-state index is 13.0. The van der Waals surface area contributed by atoms with E-state index in [4.69, 9.17) is 5.73 Å². The lowest BCUT2D eigenvalue weighted by atomic mass is 10.1. The molecule has 3 nitrogen and oxygen atoms in total. The molecule has 0 aliphatic rings. The van der Waals surface area contributed by atoms with Crippen molar-refractivity contribution in [3.63, 3.8) is 0 Å². The van der Waals surface area contributed by atoms with Crippen molar-refractivity contribution >= 4 is 16.7 Å². The van der Waals surface area contributed by atoms with Crippen LogP contribution in [0.2, 0.25) is 0 Å². The Hall–Kier alpha value is -1.78. The highest BCUT2D eigenvalue weighted by Gasteiger charge is 2.11. The summed E-state index contributed by atoms with van der Waals surface area (Å²) in [4.78, 5) is 8.19. The third kappa shape index (κ3) is 1.68. The van der Waals surface area contributed by atoms with E-state index in [1.807, 2.05) is 13.8 Å². The average molecular weight is 223 g/mol. The van der Waals surface area contributed by atoms with Crippen LogP contribution in [0.5, 0.6) is 0 Å². The van der Waals surface area contributed by atoms with Gasteiger partial charge in [-0.25, -0.2) is 18.7 Å². The molecule has 2 N–H and O–H groups in total. The zero-order valence-corrected chi connectivity index (χ0v) is 8.96. The quantitative estimate of drug-likeness (QED) is 0.808. The second kappa shape index (κ2) is 3.66. The van der Waals surface area contributed by atoms with Crippen molar-refractivity contribution in [2.24, 2.45) is 0 Å². The lowest BCUT2D eigenvalue weighted by molar-refractivity contribution is 0.510. The van der Waals surface area contributed by atoms with Gasteiger partial charge in [-0.1, -0.05) is 13.8 Å². The third-order valence-electron chi connectivity index (χ3n) is 2.30. The molecule has 0 atom stereocenters. The number of aromatic nitrogens is 2. The van der Waals surface area contributed by atoms with Gasteiger partial charge in [0.2, 0.25) is 0 Å². The Kier molecular flexibility index (Phi) is 2.46. The highest BCUT2D eigenvalue weighted by Crippen LogP contribution is 2.23. The number of hydrogen-bond donors (Lipinski definition) is 1. The lowest BCUT2D eigenvalue weighted by Gasteiger charge is -2.07. The minimum Gasteiger partial charge on any atom is -0.383 e. The minimum atomic E-state index is -0.944. The van der Waals surface area contributed by atoms with E-state index in [2.05, 4.69) is 9.97 Å². The van der Waals surface area contributed by atoms with E-state index in [1.165, 1.54) is 0 Å². The Balaban J connectivity index is 2.77. The molecule has 5 heteroatoms. The van der Waals surface area contributed by atoms with Crippen LogP contribution in [0, 0.1) is 11.6 Å². The van der Waals surface area contributed by atoms with Crippen molar-refractivity contribution in [1.29, 1.82) is 0 Å². The van der Waals surface area contributed by atoms with Crippen LogP contribution < -0.4 is 5.73 Å². The molecule has 0 bridgehead atoms. The van der Waals surface area contributed by atoms with Crippen molar-refractivity contribution in [2.45, 2.75) is 19.8 Å². The largest absolute Gasteiger partial charge is 0.383 e. The summed E-state index contributed by atoms with van der Waals surface area (Å²) in [5.41, 5.74) is 6.00. The minimum absolute atomic E-state index is 0.0832. The maximum Gasteiger partial charge on any atom is 0.161 e. The molecule has 0 fully saturated rings. The monoisotopic (exact) mass is 223 g/mol. The first-order valence-electron chi connectivity index (χ1n) is 4.91. The SMILES string of the molecule is CC(C)c1nc(N)c2cc(F)c(F)cc2n1. The fourth-order valence-corrected chi connectivity index (χ4v) is 1.42. The summed E-state index contributed by atoms with van der Waals surface area (Å²) < 4.78 is 26.0. The molecule has 1 heterocycles. The van der Waals surface area contributed by atoms with E-state index >= 15 is 0 Å². The summed E-state index contributed by atoms with van der Waals surface area (Å²) in [6.45, 7) is 3.81. The van der Waals surface area contributed by atoms with Crippen LogP contribution in [0.4, 0.5) is 14.6 Å². The number of halogens is 2. The molecular formula is C11H11F2N3. The second-order valence-electron chi connectivity index (χ2n) is 3.91. The molecule has 16 heavy (non-hydrogen) atoms. The Morgan fingerprint density at radius 3 is 2.38 bits per heavy atom. The predicted octanol–water partition coefficient (Wildman–Crippen LogP) is 2.61. The molecule has 0 radical (unpaired) electrons. The summed E-state index contributed by atoms with van der Waals surface area (Å²) in [7, 11) is 0. The Morgan fingerprint density at radius 1 is 1.12 bits per heavy atom. The zero-order chi connectivity index (χ0) is 11.9. The van der Waals surface area contributed by atoms with Crippen LogP contribution in [0.15, 0.2) is 12.1 Å². The van der Waals surface area contributed by atoms with Gasteiger partial charge in [-0.3, -0.25) is 0 Å². The van der Waals surface area contributed by atoms with E-state index in [1.54, 1.807) is 0 Å². The van der Waals surface area contributed by atoms with Crippen molar-refractivity contribution in [1.82, 2.24) is 9.97 Å². The molecule has 2 aromatic rings. The van der Waals surface area contributed by atoms with E-state index in [9.17, 15) is 8.78 Å². The third-order valence-corrected chi connectivity index (χ3v) is 2.30. The Labute approximate surface area is 91.3 Å². The topological polar surface area (TPSA) is 51.8 Å². The molecule has 1 aromatic heterocycles. The van der Waals surface area contributed by atoms with Crippen LogP contribution in [-0.2, 0) is 0 Å². The van der Waals surface area contributed by atoms with Crippen molar-refractivity contribution in [2.75, 3.05) is 5.73 Å². The standard InChI is InChI=1S/C11H11F2N3/c1-5(2)11-15-9-4-8(13)7(12)3-6(9)10(14)16-11/h3-5H,1-2H3,(H2,14,15,16). The van der Waals surface area contributed by atoms with E-state index in [0.717, 1.165) is 12.1 Å². The van der Waals surface area contributed by atoms with Crippen LogP contribution in [-0.4, -0.2) is 9.97 Å². The van der Waals surface area contributed by atoms with Gasteiger partial charge >= 0.3 is 0 Å². The van der Waals surface area contributed by atoms with Gasteiger partial charge in [0.1, 0.15) is 11.6 Å². The van der Waals surface area contributed by atoms with Crippen LogP contribution >= 0.6 is 0 Å². The summed E-state index contributed by atoms with van der Waals surface area (Å²) in [6.07, 6.45) is 0. The fourth-order valence-electron chi connectivity index (χ4n) is 1.42. The first-order valence-corrected chi connectivity index (χ1v) is 4.91. The highest BCUT2D eigenvalue weighted by atomic mass is 19.2. The van der Waals surface area contributed by atoms with E-state index < -0.39 is 11.6 Å². The van der Waals surface area contributed by atoms with E-state index in [0.29, 0.717) is 16.7 Å². The molecule has 0 spiro atoms. The van der Waals surface area contributed by atoms with Crippen LogP contribution in [0.1, 0.15) is 25.6 Å². The summed E-state index contributed by atoms with van der Waals surface area (Å²) in [5.74, 6) is -1.09. The van der Waals surface area contributed by atoms with Gasteiger partial charge in [-0.2, -0.15) is 0 Å². The number of benzene rings is 1. The van der Waals surface area contributed by atoms with Gasteiger partial charge in [0.05, 0.1) is 5.52 Å². The predicted molar refractivity (Wildman–Crippen MR) is 58.0 cm³/mol. The number of fused-ring (bicyclic) bond motifs is 1. The summed E-state index contributed by atoms with van der Waals surface area (Å²) in [5, 5.41) is 0.336. The molecule has 1 aromatic carbocycles. The summed E-state index contributed by atoms with van der Waals surface area (Å²) in [6, 6.07) is 2.05. The second-order valence-corrected chi connectivity index (χ2v) is 3.91. The van der Waals surface area contributed by atoms with E-state index in [-0.39, 0.29) is 11.7 Å². The summed E-state index contributed by atoms with van der Waals surface area (Å²) >= 11 is 0.